The summed E-state index contributed by atoms with van der Waals surface area (Å²) >= 11 is 3.41. The highest BCUT2D eigenvalue weighted by Gasteiger charge is 2.18. The standard InChI is InChI=1S/C16H20BrN3O/c1-4-14-10-15(20(5-2)18-14)16(21)19(3)11-12-6-8-13(17)9-7-12/h6-10H,4-5,11H2,1-3H3. The monoisotopic (exact) mass is 349 g/mol. The van der Waals surface area contributed by atoms with E-state index in [1.165, 1.54) is 0 Å². The number of aryl methyl sites for hydroxylation is 2. The van der Waals surface area contributed by atoms with Crippen molar-refractivity contribution >= 4 is 21.8 Å². The fourth-order valence-electron chi connectivity index (χ4n) is 2.19. The fraction of sp³-hybridized carbons (Fsp3) is 0.375. The summed E-state index contributed by atoms with van der Waals surface area (Å²) in [7, 11) is 1.82. The summed E-state index contributed by atoms with van der Waals surface area (Å²) < 4.78 is 2.82. The van der Waals surface area contributed by atoms with E-state index in [0.717, 1.165) is 22.2 Å². The Labute approximate surface area is 133 Å². The molecule has 5 heteroatoms. The van der Waals surface area contributed by atoms with Crippen LogP contribution in [0.4, 0.5) is 0 Å². The molecule has 0 unspecified atom stereocenters. The van der Waals surface area contributed by atoms with Crippen molar-refractivity contribution in [3.05, 3.63) is 51.8 Å². The zero-order chi connectivity index (χ0) is 15.4. The van der Waals surface area contributed by atoms with E-state index in [1.54, 1.807) is 9.58 Å². The molecule has 1 amide bonds. The van der Waals surface area contributed by atoms with Crippen LogP contribution in [0.15, 0.2) is 34.8 Å². The lowest BCUT2D eigenvalue weighted by Gasteiger charge is -2.17. The van der Waals surface area contributed by atoms with Gasteiger partial charge in [0.1, 0.15) is 5.69 Å². The smallest absolute Gasteiger partial charge is 0.272 e. The molecule has 1 aromatic carbocycles. The normalized spacial score (nSPS) is 10.7. The van der Waals surface area contributed by atoms with E-state index in [1.807, 2.05) is 51.2 Å². The number of hydrogen-bond donors (Lipinski definition) is 0. The molecule has 0 saturated heterocycles. The van der Waals surface area contributed by atoms with Crippen molar-refractivity contribution in [3.63, 3.8) is 0 Å². The number of rotatable bonds is 5. The van der Waals surface area contributed by atoms with Gasteiger partial charge in [-0.1, -0.05) is 35.0 Å². The van der Waals surface area contributed by atoms with Crippen molar-refractivity contribution in [1.82, 2.24) is 14.7 Å². The molecular formula is C16H20BrN3O. The van der Waals surface area contributed by atoms with E-state index in [2.05, 4.69) is 21.0 Å². The van der Waals surface area contributed by atoms with Crippen LogP contribution in [-0.4, -0.2) is 27.6 Å². The molecule has 0 N–H and O–H groups in total. The van der Waals surface area contributed by atoms with Gasteiger partial charge < -0.3 is 4.90 Å². The third-order valence-corrected chi connectivity index (χ3v) is 3.92. The molecule has 0 saturated carbocycles. The summed E-state index contributed by atoms with van der Waals surface area (Å²) in [5.41, 5.74) is 2.72. The summed E-state index contributed by atoms with van der Waals surface area (Å²) in [6.07, 6.45) is 0.837. The molecule has 0 atom stereocenters. The molecule has 1 heterocycles. The van der Waals surface area contributed by atoms with Gasteiger partial charge in [0.15, 0.2) is 0 Å². The van der Waals surface area contributed by atoms with Gasteiger partial charge in [0, 0.05) is 24.6 Å². The Hall–Kier alpha value is -1.62. The second kappa shape index (κ2) is 6.89. The van der Waals surface area contributed by atoms with Gasteiger partial charge in [-0.15, -0.1) is 0 Å². The Bertz CT molecular complexity index is 619. The minimum absolute atomic E-state index is 0.00645. The van der Waals surface area contributed by atoms with E-state index < -0.39 is 0 Å². The largest absolute Gasteiger partial charge is 0.336 e. The maximum atomic E-state index is 12.6. The van der Waals surface area contributed by atoms with Crippen molar-refractivity contribution in [2.24, 2.45) is 0 Å². The van der Waals surface area contributed by atoms with Crippen molar-refractivity contribution in [2.45, 2.75) is 33.4 Å². The van der Waals surface area contributed by atoms with Crippen LogP contribution in [0, 0.1) is 0 Å². The number of halogens is 1. The predicted octanol–water partition coefficient (Wildman–Crippen LogP) is 3.50. The quantitative estimate of drug-likeness (QED) is 0.828. The summed E-state index contributed by atoms with van der Waals surface area (Å²) in [5, 5.41) is 4.43. The lowest BCUT2D eigenvalue weighted by atomic mass is 10.2. The first-order chi connectivity index (χ1) is 10.0. The zero-order valence-electron chi connectivity index (χ0n) is 12.6. The molecule has 4 nitrogen and oxygen atoms in total. The second-order valence-corrected chi connectivity index (χ2v) is 5.89. The third kappa shape index (κ3) is 3.73. The van der Waals surface area contributed by atoms with E-state index in [-0.39, 0.29) is 5.91 Å². The van der Waals surface area contributed by atoms with E-state index in [0.29, 0.717) is 18.8 Å². The molecule has 0 radical (unpaired) electrons. The highest BCUT2D eigenvalue weighted by Crippen LogP contribution is 2.14. The molecular weight excluding hydrogens is 330 g/mol. The molecule has 0 bridgehead atoms. The molecule has 0 spiro atoms. The molecule has 2 aromatic rings. The summed E-state index contributed by atoms with van der Waals surface area (Å²) in [6, 6.07) is 9.90. The first-order valence-corrected chi connectivity index (χ1v) is 7.91. The van der Waals surface area contributed by atoms with Gasteiger partial charge in [-0.05, 0) is 37.1 Å². The van der Waals surface area contributed by atoms with Crippen molar-refractivity contribution in [2.75, 3.05) is 7.05 Å². The Kier molecular flexibility index (Phi) is 5.17. The minimum Gasteiger partial charge on any atom is -0.336 e. The number of amides is 1. The van der Waals surface area contributed by atoms with Crippen LogP contribution < -0.4 is 0 Å². The lowest BCUT2D eigenvalue weighted by molar-refractivity contribution is 0.0773. The number of benzene rings is 1. The SMILES string of the molecule is CCc1cc(C(=O)N(C)Cc2ccc(Br)cc2)n(CC)n1. The summed E-state index contributed by atoms with van der Waals surface area (Å²) in [5.74, 6) is 0.00645. The number of aromatic nitrogens is 2. The van der Waals surface area contributed by atoms with Crippen LogP contribution in [0.1, 0.15) is 35.6 Å². The lowest BCUT2D eigenvalue weighted by Crippen LogP contribution is -2.28. The Morgan fingerprint density at radius 3 is 2.52 bits per heavy atom. The van der Waals surface area contributed by atoms with Crippen LogP contribution >= 0.6 is 15.9 Å². The van der Waals surface area contributed by atoms with Crippen LogP contribution in [0.2, 0.25) is 0 Å². The predicted molar refractivity (Wildman–Crippen MR) is 87.2 cm³/mol. The van der Waals surface area contributed by atoms with Crippen LogP contribution in [0.3, 0.4) is 0 Å². The highest BCUT2D eigenvalue weighted by atomic mass is 79.9. The Morgan fingerprint density at radius 2 is 1.95 bits per heavy atom. The number of carbonyl (C=O) groups is 1. The summed E-state index contributed by atoms with van der Waals surface area (Å²) in [6.45, 7) is 5.33. The molecule has 112 valence electrons. The minimum atomic E-state index is 0.00645. The molecule has 2 rings (SSSR count). The highest BCUT2D eigenvalue weighted by molar-refractivity contribution is 9.10. The number of hydrogen-bond acceptors (Lipinski definition) is 2. The average molecular weight is 350 g/mol. The Morgan fingerprint density at radius 1 is 1.29 bits per heavy atom. The van der Waals surface area contributed by atoms with Gasteiger partial charge >= 0.3 is 0 Å². The van der Waals surface area contributed by atoms with Gasteiger partial charge in [-0.2, -0.15) is 5.10 Å². The van der Waals surface area contributed by atoms with Crippen molar-refractivity contribution in [3.8, 4) is 0 Å². The number of nitrogens with zero attached hydrogens (tertiary/aromatic N) is 3. The number of carbonyl (C=O) groups excluding carboxylic acids is 1. The third-order valence-electron chi connectivity index (χ3n) is 3.39. The Balaban J connectivity index is 2.15. The van der Waals surface area contributed by atoms with E-state index >= 15 is 0 Å². The first-order valence-electron chi connectivity index (χ1n) is 7.11. The fourth-order valence-corrected chi connectivity index (χ4v) is 2.45. The topological polar surface area (TPSA) is 38.1 Å². The molecule has 0 fully saturated rings. The summed E-state index contributed by atoms with van der Waals surface area (Å²) in [4.78, 5) is 14.3. The second-order valence-electron chi connectivity index (χ2n) is 4.98. The van der Waals surface area contributed by atoms with E-state index in [4.69, 9.17) is 0 Å². The van der Waals surface area contributed by atoms with Gasteiger partial charge in [0.05, 0.1) is 5.69 Å². The van der Waals surface area contributed by atoms with Crippen molar-refractivity contribution < 1.29 is 4.79 Å². The first kappa shape index (κ1) is 15.8. The molecule has 0 aliphatic carbocycles. The van der Waals surface area contributed by atoms with Crippen molar-refractivity contribution in [1.29, 1.82) is 0 Å². The zero-order valence-corrected chi connectivity index (χ0v) is 14.2. The maximum absolute atomic E-state index is 12.6. The van der Waals surface area contributed by atoms with Gasteiger partial charge in [0.2, 0.25) is 0 Å². The van der Waals surface area contributed by atoms with E-state index in [9.17, 15) is 4.79 Å². The molecule has 1 aromatic heterocycles. The molecule has 0 aliphatic heterocycles. The molecule has 21 heavy (non-hydrogen) atoms. The molecule has 0 aliphatic rings. The van der Waals surface area contributed by atoms with Gasteiger partial charge in [0.25, 0.3) is 5.91 Å². The van der Waals surface area contributed by atoms with Crippen LogP contribution in [0.5, 0.6) is 0 Å². The van der Waals surface area contributed by atoms with Gasteiger partial charge in [-0.3, -0.25) is 9.48 Å². The maximum Gasteiger partial charge on any atom is 0.272 e. The van der Waals surface area contributed by atoms with Crippen LogP contribution in [-0.2, 0) is 19.5 Å². The van der Waals surface area contributed by atoms with Gasteiger partial charge in [-0.25, -0.2) is 0 Å². The average Bonchev–Trinajstić information content (AvgIpc) is 2.92. The van der Waals surface area contributed by atoms with Crippen LogP contribution in [0.25, 0.3) is 0 Å².